The summed E-state index contributed by atoms with van der Waals surface area (Å²) in [4.78, 5) is 4.13. The highest BCUT2D eigenvalue weighted by Gasteiger charge is 2.10. The molecule has 15 heavy (non-hydrogen) atoms. The van der Waals surface area contributed by atoms with Crippen molar-refractivity contribution in [3.63, 3.8) is 0 Å². The first-order chi connectivity index (χ1) is 7.19. The molecule has 1 aromatic heterocycles. The van der Waals surface area contributed by atoms with Crippen LogP contribution in [0.2, 0.25) is 5.02 Å². The summed E-state index contributed by atoms with van der Waals surface area (Å²) in [6.07, 6.45) is 2.56. The molecule has 1 rings (SSSR count). The number of nitrogens with zero attached hydrogens (tertiary/aromatic N) is 1. The van der Waals surface area contributed by atoms with Crippen LogP contribution >= 0.6 is 11.6 Å². The van der Waals surface area contributed by atoms with E-state index in [2.05, 4.69) is 17.2 Å². The van der Waals surface area contributed by atoms with Gasteiger partial charge < -0.3 is 15.8 Å². The molecule has 0 aromatic carbocycles. The van der Waals surface area contributed by atoms with Crippen LogP contribution in [-0.2, 0) is 4.74 Å². The van der Waals surface area contributed by atoms with E-state index in [9.17, 15) is 0 Å². The second-order valence-corrected chi connectivity index (χ2v) is 3.67. The van der Waals surface area contributed by atoms with E-state index in [-0.39, 0.29) is 6.04 Å². The Hall–Kier alpha value is -1.00. The Labute approximate surface area is 94.8 Å². The number of rotatable bonds is 5. The fraction of sp³-hybridized carbons (Fsp3) is 0.500. The first kappa shape index (κ1) is 12.1. The van der Waals surface area contributed by atoms with Crippen LogP contribution in [0.3, 0.4) is 0 Å². The Bertz CT molecular complexity index is 320. The molecule has 84 valence electrons. The predicted octanol–water partition coefficient (Wildman–Crippen LogP) is 2.15. The molecule has 0 bridgehead atoms. The van der Waals surface area contributed by atoms with Gasteiger partial charge in [-0.05, 0) is 12.5 Å². The molecular formula is C10H16ClN3O. The van der Waals surface area contributed by atoms with Crippen molar-refractivity contribution in [3.8, 4) is 0 Å². The summed E-state index contributed by atoms with van der Waals surface area (Å²) in [5, 5.41) is 3.71. The van der Waals surface area contributed by atoms with Crippen LogP contribution in [0, 0.1) is 0 Å². The Kier molecular flexibility index (Phi) is 4.65. The number of nitrogen functional groups attached to an aromatic ring is 1. The molecule has 0 aliphatic heterocycles. The second-order valence-electron chi connectivity index (χ2n) is 3.26. The maximum atomic E-state index is 5.88. The third kappa shape index (κ3) is 3.25. The number of ether oxygens (including phenoxy) is 1. The van der Waals surface area contributed by atoms with Crippen LogP contribution in [-0.4, -0.2) is 24.7 Å². The average Bonchev–Trinajstić information content (AvgIpc) is 2.24. The minimum Gasteiger partial charge on any atom is -0.395 e. The van der Waals surface area contributed by atoms with Gasteiger partial charge in [0.2, 0.25) is 0 Å². The molecular weight excluding hydrogens is 214 g/mol. The molecule has 5 heteroatoms. The average molecular weight is 230 g/mol. The summed E-state index contributed by atoms with van der Waals surface area (Å²) < 4.78 is 5.07. The first-order valence-electron chi connectivity index (χ1n) is 4.84. The molecule has 0 aliphatic rings. The molecule has 0 unspecified atom stereocenters. The van der Waals surface area contributed by atoms with Gasteiger partial charge in [-0.1, -0.05) is 18.5 Å². The summed E-state index contributed by atoms with van der Waals surface area (Å²) in [7, 11) is 1.67. The van der Waals surface area contributed by atoms with Crippen LogP contribution < -0.4 is 11.1 Å². The minimum absolute atomic E-state index is 0.197. The van der Waals surface area contributed by atoms with Gasteiger partial charge in [0.05, 0.1) is 23.4 Å². The lowest BCUT2D eigenvalue weighted by molar-refractivity contribution is 0.184. The third-order valence-electron chi connectivity index (χ3n) is 2.14. The summed E-state index contributed by atoms with van der Waals surface area (Å²) in [5.74, 6) is 0.617. The molecule has 1 atom stereocenters. The Morgan fingerprint density at radius 1 is 1.67 bits per heavy atom. The molecule has 0 spiro atoms. The highest BCUT2D eigenvalue weighted by molar-refractivity contribution is 6.33. The number of methoxy groups -OCH3 is 1. The lowest BCUT2D eigenvalue weighted by Crippen LogP contribution is -2.25. The maximum Gasteiger partial charge on any atom is 0.151 e. The summed E-state index contributed by atoms with van der Waals surface area (Å²) in [6.45, 7) is 2.68. The monoisotopic (exact) mass is 229 g/mol. The zero-order chi connectivity index (χ0) is 11.3. The molecule has 1 aromatic rings. The van der Waals surface area contributed by atoms with Crippen LogP contribution in [0.25, 0.3) is 0 Å². The van der Waals surface area contributed by atoms with Gasteiger partial charge in [-0.15, -0.1) is 0 Å². The van der Waals surface area contributed by atoms with E-state index in [1.54, 1.807) is 19.4 Å². The fourth-order valence-corrected chi connectivity index (χ4v) is 1.37. The van der Waals surface area contributed by atoms with Crippen molar-refractivity contribution >= 4 is 23.1 Å². The number of aromatic nitrogens is 1. The van der Waals surface area contributed by atoms with E-state index < -0.39 is 0 Å². The van der Waals surface area contributed by atoms with Crippen LogP contribution in [0.4, 0.5) is 11.5 Å². The van der Waals surface area contributed by atoms with Crippen molar-refractivity contribution in [2.45, 2.75) is 19.4 Å². The molecule has 3 N–H and O–H groups in total. The number of anilines is 2. The standard InChI is InChI=1S/C10H16ClN3O/c1-3-7(6-15-2)14-10-9(12)8(11)4-5-13-10/h4-5,7H,3,6,12H2,1-2H3,(H,13,14)/t7-/m1/s1. The smallest absolute Gasteiger partial charge is 0.151 e. The van der Waals surface area contributed by atoms with Crippen LogP contribution in [0.15, 0.2) is 12.3 Å². The van der Waals surface area contributed by atoms with E-state index in [1.807, 2.05) is 0 Å². The second kappa shape index (κ2) is 5.78. The molecule has 0 saturated carbocycles. The van der Waals surface area contributed by atoms with Gasteiger partial charge in [-0.25, -0.2) is 4.98 Å². The topological polar surface area (TPSA) is 60.2 Å². The Morgan fingerprint density at radius 3 is 3.00 bits per heavy atom. The zero-order valence-electron chi connectivity index (χ0n) is 8.96. The predicted molar refractivity (Wildman–Crippen MR) is 63.2 cm³/mol. The van der Waals surface area contributed by atoms with E-state index in [0.717, 1.165) is 6.42 Å². The van der Waals surface area contributed by atoms with E-state index in [4.69, 9.17) is 22.1 Å². The van der Waals surface area contributed by atoms with Crippen molar-refractivity contribution in [2.75, 3.05) is 24.8 Å². The van der Waals surface area contributed by atoms with E-state index >= 15 is 0 Å². The van der Waals surface area contributed by atoms with Crippen LogP contribution in [0.1, 0.15) is 13.3 Å². The Balaban J connectivity index is 2.74. The number of pyridine rings is 1. The van der Waals surface area contributed by atoms with Gasteiger partial charge in [-0.2, -0.15) is 0 Å². The van der Waals surface area contributed by atoms with Crippen molar-refractivity contribution in [3.05, 3.63) is 17.3 Å². The lowest BCUT2D eigenvalue weighted by atomic mass is 10.2. The SMILES string of the molecule is CC[C@H](COC)Nc1nccc(Cl)c1N. The van der Waals surface area contributed by atoms with Gasteiger partial charge in [-0.3, -0.25) is 0 Å². The van der Waals surface area contributed by atoms with E-state index in [1.165, 1.54) is 0 Å². The normalized spacial score (nSPS) is 12.5. The number of halogens is 1. The molecule has 0 radical (unpaired) electrons. The molecule has 0 amide bonds. The highest BCUT2D eigenvalue weighted by atomic mass is 35.5. The van der Waals surface area contributed by atoms with Crippen molar-refractivity contribution in [2.24, 2.45) is 0 Å². The molecule has 0 aliphatic carbocycles. The summed E-state index contributed by atoms with van der Waals surface area (Å²) in [6, 6.07) is 1.86. The molecule has 0 fully saturated rings. The van der Waals surface area contributed by atoms with Gasteiger partial charge in [0.1, 0.15) is 0 Å². The van der Waals surface area contributed by atoms with Gasteiger partial charge >= 0.3 is 0 Å². The summed E-state index contributed by atoms with van der Waals surface area (Å²) in [5.41, 5.74) is 6.26. The summed E-state index contributed by atoms with van der Waals surface area (Å²) >= 11 is 5.88. The quantitative estimate of drug-likeness (QED) is 0.812. The van der Waals surface area contributed by atoms with Gasteiger partial charge in [0, 0.05) is 13.3 Å². The number of hydrogen-bond acceptors (Lipinski definition) is 4. The zero-order valence-corrected chi connectivity index (χ0v) is 9.71. The third-order valence-corrected chi connectivity index (χ3v) is 2.47. The van der Waals surface area contributed by atoms with Crippen molar-refractivity contribution < 1.29 is 4.74 Å². The number of nitrogens with one attached hydrogen (secondary N) is 1. The minimum atomic E-state index is 0.197. The Morgan fingerprint density at radius 2 is 2.40 bits per heavy atom. The molecule has 4 nitrogen and oxygen atoms in total. The molecule has 0 saturated heterocycles. The largest absolute Gasteiger partial charge is 0.395 e. The maximum absolute atomic E-state index is 5.88. The van der Waals surface area contributed by atoms with Crippen LogP contribution in [0.5, 0.6) is 0 Å². The highest BCUT2D eigenvalue weighted by Crippen LogP contribution is 2.24. The van der Waals surface area contributed by atoms with E-state index in [0.29, 0.717) is 23.1 Å². The van der Waals surface area contributed by atoms with Gasteiger partial charge in [0.15, 0.2) is 5.82 Å². The fourth-order valence-electron chi connectivity index (χ4n) is 1.22. The van der Waals surface area contributed by atoms with Crippen molar-refractivity contribution in [1.29, 1.82) is 0 Å². The van der Waals surface area contributed by atoms with Crippen molar-refractivity contribution in [1.82, 2.24) is 4.98 Å². The lowest BCUT2D eigenvalue weighted by Gasteiger charge is -2.17. The number of hydrogen-bond donors (Lipinski definition) is 2. The first-order valence-corrected chi connectivity index (χ1v) is 5.22. The number of nitrogens with two attached hydrogens (primary N) is 1. The van der Waals surface area contributed by atoms with Gasteiger partial charge in [0.25, 0.3) is 0 Å². The molecule has 1 heterocycles.